The zero-order valence-electron chi connectivity index (χ0n) is 12.7. The fourth-order valence-electron chi connectivity index (χ4n) is 3.70. The number of nitrogens with zero attached hydrogens (tertiary/aromatic N) is 2. The fraction of sp³-hybridized carbons (Fsp3) is 0.625. The molecule has 0 bridgehead atoms. The van der Waals surface area contributed by atoms with Gasteiger partial charge in [0.15, 0.2) is 0 Å². The number of amides is 1. The van der Waals surface area contributed by atoms with Crippen molar-refractivity contribution in [1.29, 1.82) is 5.26 Å². The number of rotatable bonds is 3. The number of likely N-dealkylation sites (tertiary alicyclic amines) is 1. The van der Waals surface area contributed by atoms with E-state index < -0.39 is 0 Å². The molecule has 0 radical (unpaired) electrons. The van der Waals surface area contributed by atoms with E-state index >= 15 is 0 Å². The Balaban J connectivity index is 1.64. The van der Waals surface area contributed by atoms with Crippen molar-refractivity contribution in [2.24, 2.45) is 5.41 Å². The number of H-pyrrole nitrogens is 1. The quantitative estimate of drug-likeness (QED) is 0.880. The number of aromatic amines is 1. The maximum absolute atomic E-state index is 12.4. The summed E-state index contributed by atoms with van der Waals surface area (Å²) in [7, 11) is 0. The zero-order valence-corrected chi connectivity index (χ0v) is 12.7. The highest BCUT2D eigenvalue weighted by molar-refractivity contribution is 5.92. The number of aromatic nitrogens is 1. The number of piperidine rings is 1. The molecular weight excluding hydrogens is 282 g/mol. The van der Waals surface area contributed by atoms with Crippen LogP contribution in [0.15, 0.2) is 12.1 Å². The molecule has 1 spiro atoms. The van der Waals surface area contributed by atoms with E-state index in [4.69, 9.17) is 10.00 Å². The number of ether oxygens (including phenoxy) is 1. The van der Waals surface area contributed by atoms with Crippen molar-refractivity contribution < 1.29 is 14.6 Å². The first-order chi connectivity index (χ1) is 10.6. The van der Waals surface area contributed by atoms with Crippen LogP contribution in [0.3, 0.4) is 0 Å². The van der Waals surface area contributed by atoms with Gasteiger partial charge >= 0.3 is 0 Å². The van der Waals surface area contributed by atoms with E-state index in [9.17, 15) is 9.90 Å². The summed E-state index contributed by atoms with van der Waals surface area (Å²) in [5, 5.41) is 19.0. The molecule has 2 atom stereocenters. The lowest BCUT2D eigenvalue weighted by Crippen LogP contribution is -2.62. The van der Waals surface area contributed by atoms with Crippen LogP contribution >= 0.6 is 0 Å². The van der Waals surface area contributed by atoms with Crippen LogP contribution in [0, 0.1) is 16.7 Å². The molecule has 0 aromatic carbocycles. The molecule has 6 nitrogen and oxygen atoms in total. The molecule has 1 saturated heterocycles. The highest BCUT2D eigenvalue weighted by Crippen LogP contribution is 2.51. The predicted octanol–water partition coefficient (Wildman–Crippen LogP) is 1.28. The van der Waals surface area contributed by atoms with Crippen LogP contribution in [0.2, 0.25) is 0 Å². The minimum Gasteiger partial charge on any atom is -0.392 e. The van der Waals surface area contributed by atoms with Crippen molar-refractivity contribution in [2.45, 2.75) is 38.4 Å². The van der Waals surface area contributed by atoms with E-state index in [0.29, 0.717) is 37.5 Å². The fourth-order valence-corrected chi connectivity index (χ4v) is 3.70. The molecule has 1 aliphatic heterocycles. The summed E-state index contributed by atoms with van der Waals surface area (Å²) in [6.45, 7) is 3.84. The third-order valence-electron chi connectivity index (χ3n) is 5.13. The van der Waals surface area contributed by atoms with Crippen LogP contribution in [0.25, 0.3) is 0 Å². The maximum Gasteiger partial charge on any atom is 0.270 e. The van der Waals surface area contributed by atoms with Gasteiger partial charge in [-0.25, -0.2) is 0 Å². The topological polar surface area (TPSA) is 89.3 Å². The summed E-state index contributed by atoms with van der Waals surface area (Å²) >= 11 is 0. The standard InChI is InChI=1S/C16H21N3O3/c1-2-22-14-9-13(20)16(14)5-7-19(8-6-16)15(21)12-4-3-11(10-17)18-12/h3-4,13-14,18,20H,2,5-9H2,1H3. The van der Waals surface area contributed by atoms with Crippen molar-refractivity contribution >= 4 is 5.91 Å². The van der Waals surface area contributed by atoms with Crippen LogP contribution in [0.5, 0.6) is 0 Å². The highest BCUT2D eigenvalue weighted by atomic mass is 16.5. The number of aliphatic hydroxyl groups excluding tert-OH is 1. The number of nitrogens with one attached hydrogen (secondary N) is 1. The summed E-state index contributed by atoms with van der Waals surface area (Å²) in [6.07, 6.45) is 2.01. The van der Waals surface area contributed by atoms with Crippen LogP contribution in [0.1, 0.15) is 42.4 Å². The lowest BCUT2D eigenvalue weighted by Gasteiger charge is -2.56. The Morgan fingerprint density at radius 1 is 1.55 bits per heavy atom. The number of aliphatic hydroxyl groups is 1. The van der Waals surface area contributed by atoms with E-state index in [-0.39, 0.29) is 23.5 Å². The number of hydrogen-bond acceptors (Lipinski definition) is 4. The van der Waals surface area contributed by atoms with E-state index in [1.807, 2.05) is 13.0 Å². The van der Waals surface area contributed by atoms with Crippen molar-refractivity contribution in [1.82, 2.24) is 9.88 Å². The Hall–Kier alpha value is -1.84. The van der Waals surface area contributed by atoms with Crippen LogP contribution in [-0.4, -0.2) is 52.8 Å². The molecule has 2 fully saturated rings. The summed E-state index contributed by atoms with van der Waals surface area (Å²) < 4.78 is 5.73. The Labute approximate surface area is 129 Å². The highest BCUT2D eigenvalue weighted by Gasteiger charge is 2.56. The van der Waals surface area contributed by atoms with E-state index in [1.165, 1.54) is 0 Å². The molecule has 2 heterocycles. The Bertz CT molecular complexity index is 594. The average Bonchev–Trinajstić information content (AvgIpc) is 3.03. The van der Waals surface area contributed by atoms with Gasteiger partial charge in [-0.15, -0.1) is 0 Å². The van der Waals surface area contributed by atoms with Gasteiger partial charge in [-0.3, -0.25) is 4.79 Å². The lowest BCUT2D eigenvalue weighted by atomic mass is 9.58. The van der Waals surface area contributed by atoms with Gasteiger partial charge in [-0.1, -0.05) is 0 Å². The van der Waals surface area contributed by atoms with E-state index in [1.54, 1.807) is 17.0 Å². The predicted molar refractivity (Wildman–Crippen MR) is 79.1 cm³/mol. The van der Waals surface area contributed by atoms with Crippen LogP contribution in [0.4, 0.5) is 0 Å². The van der Waals surface area contributed by atoms with Crippen LogP contribution < -0.4 is 0 Å². The van der Waals surface area contributed by atoms with Gasteiger partial charge in [-0.2, -0.15) is 5.26 Å². The van der Waals surface area contributed by atoms with Crippen molar-refractivity contribution in [3.63, 3.8) is 0 Å². The third-order valence-corrected chi connectivity index (χ3v) is 5.13. The second-order valence-electron chi connectivity index (χ2n) is 6.12. The van der Waals surface area contributed by atoms with Gasteiger partial charge in [0.1, 0.15) is 17.5 Å². The molecule has 118 valence electrons. The van der Waals surface area contributed by atoms with Crippen LogP contribution in [-0.2, 0) is 4.74 Å². The first-order valence-electron chi connectivity index (χ1n) is 7.79. The molecule has 1 saturated carbocycles. The SMILES string of the molecule is CCOC1CC(O)C12CCN(C(=O)c1ccc(C#N)[nH]1)CC2. The molecule has 1 amide bonds. The number of carbonyl (C=O) groups excluding carboxylic acids is 1. The Morgan fingerprint density at radius 3 is 2.82 bits per heavy atom. The average molecular weight is 303 g/mol. The van der Waals surface area contributed by atoms with Crippen molar-refractivity contribution in [3.05, 3.63) is 23.5 Å². The second-order valence-corrected chi connectivity index (χ2v) is 6.12. The molecule has 2 aliphatic rings. The smallest absolute Gasteiger partial charge is 0.270 e. The summed E-state index contributed by atoms with van der Waals surface area (Å²) in [6, 6.07) is 5.24. The molecule has 2 N–H and O–H groups in total. The maximum atomic E-state index is 12.4. The van der Waals surface area contributed by atoms with Gasteiger partial charge in [0.25, 0.3) is 5.91 Å². The minimum atomic E-state index is -0.322. The van der Waals surface area contributed by atoms with E-state index in [0.717, 1.165) is 12.8 Å². The second kappa shape index (κ2) is 5.75. The normalized spacial score (nSPS) is 26.5. The van der Waals surface area contributed by atoms with Gasteiger partial charge in [0, 0.05) is 31.5 Å². The Morgan fingerprint density at radius 2 is 2.27 bits per heavy atom. The van der Waals surface area contributed by atoms with Crippen molar-refractivity contribution in [3.8, 4) is 6.07 Å². The molecule has 22 heavy (non-hydrogen) atoms. The third kappa shape index (κ3) is 2.31. The minimum absolute atomic E-state index is 0.0851. The van der Waals surface area contributed by atoms with Gasteiger partial charge in [0.05, 0.1) is 12.2 Å². The molecular formula is C16H21N3O3. The number of hydrogen-bond donors (Lipinski definition) is 2. The molecule has 2 unspecified atom stereocenters. The molecule has 1 aliphatic carbocycles. The summed E-state index contributed by atoms with van der Waals surface area (Å²) in [5.41, 5.74) is 0.658. The van der Waals surface area contributed by atoms with Crippen molar-refractivity contribution in [2.75, 3.05) is 19.7 Å². The van der Waals surface area contributed by atoms with Gasteiger partial charge in [-0.05, 0) is 31.9 Å². The molecule has 6 heteroatoms. The molecule has 1 aromatic rings. The Kier molecular flexibility index (Phi) is 3.94. The number of carbonyl (C=O) groups is 1. The summed E-state index contributed by atoms with van der Waals surface area (Å²) in [5.74, 6) is -0.0851. The number of nitriles is 1. The van der Waals surface area contributed by atoms with E-state index in [2.05, 4.69) is 4.98 Å². The van der Waals surface area contributed by atoms with Gasteiger partial charge < -0.3 is 19.7 Å². The molecule has 3 rings (SSSR count). The first-order valence-corrected chi connectivity index (χ1v) is 7.79. The first kappa shape index (κ1) is 15.1. The molecule has 1 aromatic heterocycles. The monoisotopic (exact) mass is 303 g/mol. The largest absolute Gasteiger partial charge is 0.392 e. The zero-order chi connectivity index (χ0) is 15.7. The lowest BCUT2D eigenvalue weighted by molar-refractivity contribution is -0.207. The van der Waals surface area contributed by atoms with Gasteiger partial charge in [0.2, 0.25) is 0 Å². The summed E-state index contributed by atoms with van der Waals surface area (Å²) in [4.78, 5) is 17.0.